The van der Waals surface area contributed by atoms with Gasteiger partial charge in [0.15, 0.2) is 0 Å². The fraction of sp³-hybridized carbons (Fsp3) is 0.231. The van der Waals surface area contributed by atoms with Crippen molar-refractivity contribution in [2.75, 3.05) is 7.05 Å². The molecule has 0 amide bonds. The molecule has 0 aliphatic rings. The summed E-state index contributed by atoms with van der Waals surface area (Å²) < 4.78 is 39.2. The van der Waals surface area contributed by atoms with Crippen LogP contribution in [-0.2, 0) is 23.2 Å². The van der Waals surface area contributed by atoms with Crippen LogP contribution < -0.4 is 0 Å². The van der Waals surface area contributed by atoms with Gasteiger partial charge < -0.3 is 10.1 Å². The largest absolute Gasteiger partial charge is 0.390 e. The second kappa shape index (κ2) is 5.74. The minimum absolute atomic E-state index is 0.0420. The van der Waals surface area contributed by atoms with Crippen molar-refractivity contribution < 1.29 is 17.9 Å². The third kappa shape index (κ3) is 2.90. The van der Waals surface area contributed by atoms with Gasteiger partial charge in [-0.25, -0.2) is 12.8 Å². The Bertz CT molecular complexity index is 697. The number of aliphatic hydroxyl groups excluding tert-OH is 1. The Hall–Kier alpha value is -1.70. The van der Waals surface area contributed by atoms with Gasteiger partial charge in [0.1, 0.15) is 5.82 Å². The lowest BCUT2D eigenvalue weighted by molar-refractivity contribution is 0.277. The van der Waals surface area contributed by atoms with Crippen molar-refractivity contribution in [3.05, 3.63) is 53.6 Å². The molecule has 0 aliphatic carbocycles. The van der Waals surface area contributed by atoms with Gasteiger partial charge in [0.25, 0.3) is 0 Å². The monoisotopic (exact) mass is 298 g/mol. The first-order valence-electron chi connectivity index (χ1n) is 5.93. The predicted octanol–water partition coefficient (Wildman–Crippen LogP) is 1.47. The van der Waals surface area contributed by atoms with Crippen molar-refractivity contribution in [3.63, 3.8) is 0 Å². The quantitative estimate of drug-likeness (QED) is 0.878. The van der Waals surface area contributed by atoms with Crippen LogP contribution in [0.1, 0.15) is 11.3 Å². The predicted molar refractivity (Wildman–Crippen MR) is 71.8 cm³/mol. The van der Waals surface area contributed by atoms with E-state index in [1.54, 1.807) is 12.1 Å². The fourth-order valence-corrected chi connectivity index (χ4v) is 2.96. The maximum absolute atomic E-state index is 13.5. The molecular formula is C13H15FN2O3S. The minimum Gasteiger partial charge on any atom is -0.390 e. The molecule has 20 heavy (non-hydrogen) atoms. The van der Waals surface area contributed by atoms with Crippen molar-refractivity contribution in [2.45, 2.75) is 18.0 Å². The Labute approximate surface area is 116 Å². The summed E-state index contributed by atoms with van der Waals surface area (Å²) in [5, 5.41) is 8.94. The second-order valence-corrected chi connectivity index (χ2v) is 6.42. The zero-order chi connectivity index (χ0) is 14.8. The maximum Gasteiger partial charge on any atom is 0.244 e. The van der Waals surface area contributed by atoms with Gasteiger partial charge in [0.05, 0.1) is 11.5 Å². The van der Waals surface area contributed by atoms with E-state index in [4.69, 9.17) is 5.11 Å². The summed E-state index contributed by atoms with van der Waals surface area (Å²) in [7, 11) is -2.34. The first-order valence-corrected chi connectivity index (χ1v) is 7.37. The Morgan fingerprint density at radius 2 is 2.05 bits per heavy atom. The van der Waals surface area contributed by atoms with Crippen molar-refractivity contribution >= 4 is 10.0 Å². The summed E-state index contributed by atoms with van der Waals surface area (Å²) in [6.07, 6.45) is 1.30. The first kappa shape index (κ1) is 14.7. The van der Waals surface area contributed by atoms with Crippen LogP contribution in [0.4, 0.5) is 4.39 Å². The van der Waals surface area contributed by atoms with E-state index in [1.165, 1.54) is 31.4 Å². The number of H-pyrrole nitrogens is 1. The summed E-state index contributed by atoms with van der Waals surface area (Å²) in [5.41, 5.74) is 0.708. The number of nitrogens with one attached hydrogen (secondary N) is 1. The number of aromatic nitrogens is 1. The SMILES string of the molecule is CN(Cc1ccccc1F)S(=O)(=O)c1c[nH]c(CO)c1. The van der Waals surface area contributed by atoms with Gasteiger partial charge in [-0.05, 0) is 12.1 Å². The third-order valence-corrected chi connectivity index (χ3v) is 4.73. The van der Waals surface area contributed by atoms with Crippen molar-refractivity contribution in [1.82, 2.24) is 9.29 Å². The van der Waals surface area contributed by atoms with Crippen LogP contribution in [0.25, 0.3) is 0 Å². The summed E-state index contributed by atoms with van der Waals surface area (Å²) >= 11 is 0. The van der Waals surface area contributed by atoms with Gasteiger partial charge in [-0.15, -0.1) is 0 Å². The molecule has 0 spiro atoms. The molecule has 0 radical (unpaired) electrons. The number of aliphatic hydroxyl groups is 1. The molecule has 2 rings (SSSR count). The summed E-state index contributed by atoms with van der Waals surface area (Å²) in [6, 6.07) is 7.38. The van der Waals surface area contributed by atoms with Gasteiger partial charge >= 0.3 is 0 Å². The smallest absolute Gasteiger partial charge is 0.244 e. The van der Waals surface area contributed by atoms with Crippen LogP contribution in [0.15, 0.2) is 41.4 Å². The molecule has 0 atom stereocenters. The van der Waals surface area contributed by atoms with E-state index < -0.39 is 15.8 Å². The average Bonchev–Trinajstić information content (AvgIpc) is 2.90. The minimum atomic E-state index is -3.72. The summed E-state index contributed by atoms with van der Waals surface area (Å²) in [5.74, 6) is -0.445. The second-order valence-electron chi connectivity index (χ2n) is 4.37. The molecule has 0 unspecified atom stereocenters. The molecular weight excluding hydrogens is 283 g/mol. The number of sulfonamides is 1. The molecule has 0 fully saturated rings. The zero-order valence-corrected chi connectivity index (χ0v) is 11.7. The van der Waals surface area contributed by atoms with Crippen LogP contribution in [0, 0.1) is 5.82 Å². The van der Waals surface area contributed by atoms with E-state index >= 15 is 0 Å². The van der Waals surface area contributed by atoms with Crippen molar-refractivity contribution in [1.29, 1.82) is 0 Å². The third-order valence-electron chi connectivity index (χ3n) is 2.95. The number of halogens is 1. The van der Waals surface area contributed by atoms with Gasteiger partial charge in [0, 0.05) is 31.0 Å². The van der Waals surface area contributed by atoms with E-state index in [9.17, 15) is 12.8 Å². The average molecular weight is 298 g/mol. The van der Waals surface area contributed by atoms with E-state index in [2.05, 4.69) is 4.98 Å². The number of hydrogen-bond donors (Lipinski definition) is 2. The molecule has 1 aromatic carbocycles. The Morgan fingerprint density at radius 3 is 2.65 bits per heavy atom. The molecule has 5 nitrogen and oxygen atoms in total. The molecule has 0 saturated carbocycles. The first-order chi connectivity index (χ1) is 9.45. The van der Waals surface area contributed by atoms with E-state index in [0.29, 0.717) is 11.3 Å². The molecule has 0 bridgehead atoms. The van der Waals surface area contributed by atoms with Crippen LogP contribution in [-0.4, -0.2) is 29.9 Å². The number of rotatable bonds is 5. The highest BCUT2D eigenvalue weighted by Crippen LogP contribution is 2.18. The lowest BCUT2D eigenvalue weighted by Gasteiger charge is -2.16. The Kier molecular flexibility index (Phi) is 4.22. The normalized spacial score (nSPS) is 12.0. The lowest BCUT2D eigenvalue weighted by atomic mass is 10.2. The van der Waals surface area contributed by atoms with Crippen LogP contribution >= 0.6 is 0 Å². The zero-order valence-electron chi connectivity index (χ0n) is 10.9. The topological polar surface area (TPSA) is 73.4 Å². The summed E-state index contributed by atoms with van der Waals surface area (Å²) in [6.45, 7) is -0.332. The standard InChI is InChI=1S/C13H15FN2O3S/c1-16(8-10-4-2-3-5-13(10)14)20(18,19)12-6-11(9-17)15-7-12/h2-7,15,17H,8-9H2,1H3. The number of nitrogens with zero attached hydrogens (tertiary/aromatic N) is 1. The molecule has 2 aromatic rings. The van der Waals surface area contributed by atoms with Gasteiger partial charge in [0.2, 0.25) is 10.0 Å². The Balaban J connectivity index is 2.23. The molecule has 108 valence electrons. The molecule has 1 aromatic heterocycles. The van der Waals surface area contributed by atoms with E-state index in [0.717, 1.165) is 4.31 Å². The molecule has 0 aliphatic heterocycles. The maximum atomic E-state index is 13.5. The van der Waals surface area contributed by atoms with Crippen molar-refractivity contribution in [2.24, 2.45) is 0 Å². The van der Waals surface area contributed by atoms with Crippen LogP contribution in [0.2, 0.25) is 0 Å². The molecule has 0 saturated heterocycles. The van der Waals surface area contributed by atoms with Crippen LogP contribution in [0.3, 0.4) is 0 Å². The fourth-order valence-electron chi connectivity index (χ4n) is 1.79. The van der Waals surface area contributed by atoms with E-state index in [1.807, 2.05) is 0 Å². The lowest BCUT2D eigenvalue weighted by Crippen LogP contribution is -2.26. The van der Waals surface area contributed by atoms with Gasteiger partial charge in [-0.1, -0.05) is 18.2 Å². The van der Waals surface area contributed by atoms with Crippen molar-refractivity contribution in [3.8, 4) is 0 Å². The molecule has 1 heterocycles. The highest BCUT2D eigenvalue weighted by atomic mass is 32.2. The molecule has 2 N–H and O–H groups in total. The van der Waals surface area contributed by atoms with Gasteiger partial charge in [-0.2, -0.15) is 4.31 Å². The highest BCUT2D eigenvalue weighted by Gasteiger charge is 2.23. The van der Waals surface area contributed by atoms with Gasteiger partial charge in [-0.3, -0.25) is 0 Å². The number of hydrogen-bond acceptors (Lipinski definition) is 3. The highest BCUT2D eigenvalue weighted by molar-refractivity contribution is 7.89. The summed E-state index contributed by atoms with van der Waals surface area (Å²) in [4.78, 5) is 2.70. The van der Waals surface area contributed by atoms with Crippen LogP contribution in [0.5, 0.6) is 0 Å². The number of benzene rings is 1. The number of aromatic amines is 1. The Morgan fingerprint density at radius 1 is 1.35 bits per heavy atom. The molecule has 7 heteroatoms. The van der Waals surface area contributed by atoms with E-state index in [-0.39, 0.29) is 18.0 Å².